The second-order valence-electron chi connectivity index (χ2n) is 3.66. The summed E-state index contributed by atoms with van der Waals surface area (Å²) in [6, 6.07) is 2.08. The van der Waals surface area contributed by atoms with Crippen LogP contribution in [0.1, 0.15) is 10.4 Å². The Bertz CT molecular complexity index is 727. The Morgan fingerprint density at radius 2 is 1.79 bits per heavy atom. The molecular weight excluding hydrogens is 279 g/mol. The van der Waals surface area contributed by atoms with Crippen LogP contribution >= 0.6 is 7.94 Å². The summed E-state index contributed by atoms with van der Waals surface area (Å²) in [6.45, 7) is 0. The highest BCUT2D eigenvalue weighted by molar-refractivity contribution is 7.76. The summed E-state index contributed by atoms with van der Waals surface area (Å²) in [5.74, 6) is -1.21. The van der Waals surface area contributed by atoms with Crippen LogP contribution in [0.2, 0.25) is 0 Å². The maximum atomic E-state index is 11.9. The number of aromatic hydroxyl groups is 2. The van der Waals surface area contributed by atoms with Gasteiger partial charge in [-0.3, -0.25) is 4.79 Å². The highest BCUT2D eigenvalue weighted by Gasteiger charge is 2.45. The zero-order chi connectivity index (χ0) is 14.4. The summed E-state index contributed by atoms with van der Waals surface area (Å²) >= 11 is 0. The van der Waals surface area contributed by atoms with Gasteiger partial charge in [0.15, 0.2) is 16.9 Å². The molecule has 19 heavy (non-hydrogen) atoms. The van der Waals surface area contributed by atoms with Gasteiger partial charge in [0, 0.05) is 0 Å². The van der Waals surface area contributed by atoms with Crippen LogP contribution in [-0.2, 0) is 0 Å². The Hall–Kier alpha value is -1.99. The first-order valence-electron chi connectivity index (χ1n) is 4.82. The molecule has 1 aromatic heterocycles. The molecule has 2 aromatic rings. The fourth-order valence-corrected chi connectivity index (χ4v) is 1.96. The predicted molar refractivity (Wildman–Crippen MR) is 63.7 cm³/mol. The standard InChI is InChI=1S/C10H7O8P/c11-6-2-1-4-7(12)5(10(14)19(15,16)17)3-18-9(4)8(6)13/h1-3,15-17H,(H-,11,12,13)/p+1. The van der Waals surface area contributed by atoms with Gasteiger partial charge in [-0.2, -0.15) is 14.7 Å². The lowest BCUT2D eigenvalue weighted by Gasteiger charge is -2.04. The van der Waals surface area contributed by atoms with E-state index in [1.807, 2.05) is 0 Å². The lowest BCUT2D eigenvalue weighted by Crippen LogP contribution is -2.17. The summed E-state index contributed by atoms with van der Waals surface area (Å²) in [6.07, 6.45) is 0.573. The van der Waals surface area contributed by atoms with Gasteiger partial charge in [0.25, 0.3) is 0 Å². The van der Waals surface area contributed by atoms with Crippen molar-refractivity contribution in [1.29, 1.82) is 0 Å². The van der Waals surface area contributed by atoms with Crippen molar-refractivity contribution in [2.45, 2.75) is 0 Å². The summed E-state index contributed by atoms with van der Waals surface area (Å²) in [4.78, 5) is 49.8. The van der Waals surface area contributed by atoms with E-state index in [2.05, 4.69) is 0 Å². The van der Waals surface area contributed by atoms with Gasteiger partial charge >= 0.3 is 13.5 Å². The van der Waals surface area contributed by atoms with Gasteiger partial charge in [-0.25, -0.2) is 4.79 Å². The molecule has 8 nitrogen and oxygen atoms in total. The van der Waals surface area contributed by atoms with Gasteiger partial charge in [0.1, 0.15) is 6.26 Å². The number of carbonyl (C=O) groups excluding carboxylic acids is 1. The highest BCUT2D eigenvalue weighted by atomic mass is 31.2. The van der Waals surface area contributed by atoms with Gasteiger partial charge in [-0.1, -0.05) is 0 Å². The topological polar surface area (TPSA) is 148 Å². The summed E-state index contributed by atoms with van der Waals surface area (Å²) in [5, 5.41) is 18.4. The molecule has 0 saturated carbocycles. The van der Waals surface area contributed by atoms with E-state index in [1.54, 1.807) is 0 Å². The number of phenolic OH excluding ortho intramolecular Hbond substituents is 2. The maximum Gasteiger partial charge on any atom is 0.484 e. The number of hydrogen-bond acceptors (Lipinski definition) is 8. The largest absolute Gasteiger partial charge is 0.504 e. The van der Waals surface area contributed by atoms with Crippen LogP contribution in [0.15, 0.2) is 27.6 Å². The van der Waals surface area contributed by atoms with Gasteiger partial charge in [0.05, 0.1) is 5.39 Å². The molecule has 9 heteroatoms. The first-order chi connectivity index (χ1) is 8.73. The molecule has 0 aliphatic heterocycles. The van der Waals surface area contributed by atoms with Crippen molar-refractivity contribution >= 4 is 24.4 Å². The molecule has 0 amide bonds. The molecule has 100 valence electrons. The molecule has 5 N–H and O–H groups in total. The molecule has 0 aliphatic rings. The number of rotatable bonds is 2. The third-order valence-electron chi connectivity index (χ3n) is 2.40. The van der Waals surface area contributed by atoms with E-state index < -0.39 is 36.0 Å². The number of phenols is 2. The monoisotopic (exact) mass is 287 g/mol. The molecule has 0 bridgehead atoms. The molecule has 0 aliphatic carbocycles. The quantitative estimate of drug-likeness (QED) is 0.385. The van der Waals surface area contributed by atoms with Crippen LogP contribution < -0.4 is 5.43 Å². The molecule has 0 atom stereocenters. The maximum absolute atomic E-state index is 11.9. The minimum atomic E-state index is -4.87. The summed E-state index contributed by atoms with van der Waals surface area (Å²) < 4.78 is 4.81. The van der Waals surface area contributed by atoms with Crippen molar-refractivity contribution in [3.8, 4) is 11.5 Å². The van der Waals surface area contributed by atoms with E-state index in [9.17, 15) is 19.8 Å². The first-order valence-corrected chi connectivity index (χ1v) is 6.47. The van der Waals surface area contributed by atoms with Crippen molar-refractivity contribution in [1.82, 2.24) is 0 Å². The number of benzene rings is 1. The molecule has 0 spiro atoms. The van der Waals surface area contributed by atoms with E-state index in [4.69, 9.17) is 19.1 Å². The molecule has 0 radical (unpaired) electrons. The van der Waals surface area contributed by atoms with Crippen LogP contribution in [0.25, 0.3) is 11.0 Å². The molecule has 2 rings (SSSR count). The molecule has 1 aromatic carbocycles. The minimum Gasteiger partial charge on any atom is -0.504 e. The van der Waals surface area contributed by atoms with E-state index in [0.29, 0.717) is 6.26 Å². The Kier molecular flexibility index (Phi) is 3.03. The molecule has 0 unspecified atom stereocenters. The average molecular weight is 287 g/mol. The third-order valence-corrected chi connectivity index (χ3v) is 3.18. The molecule has 0 fully saturated rings. The number of fused-ring (bicyclic) bond motifs is 1. The Balaban J connectivity index is 2.77. The van der Waals surface area contributed by atoms with Crippen molar-refractivity contribution in [2.75, 3.05) is 0 Å². The molecular formula is C10H8O8P+. The van der Waals surface area contributed by atoms with Crippen molar-refractivity contribution in [2.24, 2.45) is 0 Å². The van der Waals surface area contributed by atoms with Crippen LogP contribution in [0.4, 0.5) is 0 Å². The van der Waals surface area contributed by atoms with Gasteiger partial charge in [0.2, 0.25) is 11.2 Å². The van der Waals surface area contributed by atoms with Crippen molar-refractivity contribution < 1.29 is 34.1 Å². The molecule has 0 saturated heterocycles. The van der Waals surface area contributed by atoms with E-state index in [0.717, 1.165) is 12.1 Å². The lowest BCUT2D eigenvalue weighted by molar-refractivity contribution is 0.102. The van der Waals surface area contributed by atoms with Gasteiger partial charge < -0.3 is 14.6 Å². The fourth-order valence-electron chi connectivity index (χ4n) is 1.48. The zero-order valence-corrected chi connectivity index (χ0v) is 10.0. The highest BCUT2D eigenvalue weighted by Crippen LogP contribution is 2.47. The average Bonchev–Trinajstić information content (AvgIpc) is 2.32. The second kappa shape index (κ2) is 4.29. The lowest BCUT2D eigenvalue weighted by atomic mass is 10.1. The number of hydrogen-bond donors (Lipinski definition) is 5. The third kappa shape index (κ3) is 2.18. The zero-order valence-electron chi connectivity index (χ0n) is 9.14. The molecule has 1 heterocycles. The van der Waals surface area contributed by atoms with Crippen LogP contribution in [0, 0.1) is 0 Å². The minimum absolute atomic E-state index is 0.255. The smallest absolute Gasteiger partial charge is 0.484 e. The Morgan fingerprint density at radius 1 is 1.16 bits per heavy atom. The summed E-state index contributed by atoms with van der Waals surface area (Å²) in [5.41, 5.74) is -3.66. The van der Waals surface area contributed by atoms with Gasteiger partial charge in [-0.05, 0) is 12.1 Å². The Labute approximate surface area is 105 Å². The first kappa shape index (κ1) is 13.4. The fraction of sp³-hybridized carbons (Fsp3) is 0. The summed E-state index contributed by atoms with van der Waals surface area (Å²) in [7, 11) is -4.87. The van der Waals surface area contributed by atoms with E-state index in [-0.39, 0.29) is 11.0 Å². The van der Waals surface area contributed by atoms with Gasteiger partial charge in [-0.15, -0.1) is 0 Å². The van der Waals surface area contributed by atoms with Crippen LogP contribution in [0.5, 0.6) is 11.5 Å². The normalized spacial score (nSPS) is 11.7. The van der Waals surface area contributed by atoms with Crippen molar-refractivity contribution in [3.05, 3.63) is 34.2 Å². The van der Waals surface area contributed by atoms with E-state index in [1.165, 1.54) is 0 Å². The second-order valence-corrected chi connectivity index (χ2v) is 5.20. The number of carbonyl (C=O) groups is 1. The van der Waals surface area contributed by atoms with Crippen LogP contribution in [-0.4, -0.2) is 30.4 Å². The van der Waals surface area contributed by atoms with Crippen LogP contribution in [0.3, 0.4) is 0 Å². The SMILES string of the molecule is O=C(c1coc2c(O)c(O)ccc2c1=O)[P+](O)(O)O. The predicted octanol–water partition coefficient (Wildman–Crippen LogP) is 0.0839. The van der Waals surface area contributed by atoms with E-state index >= 15 is 0 Å². The Morgan fingerprint density at radius 3 is 2.37 bits per heavy atom. The van der Waals surface area contributed by atoms with Crippen molar-refractivity contribution in [3.63, 3.8) is 0 Å².